The topological polar surface area (TPSA) is 142 Å². The van der Waals surface area contributed by atoms with Crippen molar-refractivity contribution in [1.82, 2.24) is 14.5 Å². The number of hydrogen-bond acceptors (Lipinski definition) is 9. The Labute approximate surface area is 250 Å². The fraction of sp³-hybridized carbons (Fsp3) is 0.167. The van der Waals surface area contributed by atoms with Crippen LogP contribution in [0.1, 0.15) is 0 Å². The molecule has 0 amide bonds. The number of nitrogens with zero attached hydrogens (tertiary/aromatic N) is 4. The van der Waals surface area contributed by atoms with Gasteiger partial charge < -0.3 is 20.1 Å². The number of methoxy groups -OCH3 is 1. The van der Waals surface area contributed by atoms with Gasteiger partial charge in [0.05, 0.1) is 42.6 Å². The van der Waals surface area contributed by atoms with Crippen molar-refractivity contribution in [3.8, 4) is 22.7 Å². The Morgan fingerprint density at radius 2 is 1.68 bits per heavy atom. The number of rotatable bonds is 7. The minimum Gasteiger partial charge on any atom is -0.480 e. The quantitative estimate of drug-likeness (QED) is 0.277. The predicted octanol–water partition coefficient (Wildman–Crippen LogP) is 3.95. The molecule has 0 saturated carbocycles. The summed E-state index contributed by atoms with van der Waals surface area (Å²) in [5.41, 5.74) is 7.99. The fourth-order valence-electron chi connectivity index (χ4n) is 4.97. The van der Waals surface area contributed by atoms with Gasteiger partial charge in [0.25, 0.3) is 15.6 Å². The number of morpholine rings is 1. The second-order valence-corrected chi connectivity index (χ2v) is 11.6. The van der Waals surface area contributed by atoms with E-state index in [-0.39, 0.29) is 17.2 Å². The molecule has 0 atom stereocenters. The number of nitrogen functional groups attached to an aromatic ring is 1. The molecule has 6 rings (SSSR count). The van der Waals surface area contributed by atoms with Crippen molar-refractivity contribution < 1.29 is 26.7 Å². The van der Waals surface area contributed by atoms with E-state index >= 15 is 0 Å². The highest BCUT2D eigenvalue weighted by molar-refractivity contribution is 7.92. The number of ether oxygens (including phenoxy) is 2. The summed E-state index contributed by atoms with van der Waals surface area (Å²) in [6, 6.07) is 15.9. The van der Waals surface area contributed by atoms with Crippen LogP contribution in [-0.4, -0.2) is 56.4 Å². The molecule has 0 bridgehead atoms. The summed E-state index contributed by atoms with van der Waals surface area (Å²) < 4.78 is 68.1. The summed E-state index contributed by atoms with van der Waals surface area (Å²) in [5.74, 6) is -2.19. The van der Waals surface area contributed by atoms with Gasteiger partial charge in [-0.1, -0.05) is 6.07 Å². The molecule has 0 aliphatic carbocycles. The third-order valence-corrected chi connectivity index (χ3v) is 8.55. The van der Waals surface area contributed by atoms with Gasteiger partial charge in [-0.25, -0.2) is 31.7 Å². The Hall–Kier alpha value is -5.08. The average Bonchev–Trinajstić information content (AvgIpc) is 3.03. The van der Waals surface area contributed by atoms with Crippen LogP contribution in [0.15, 0.2) is 82.6 Å². The zero-order valence-electron chi connectivity index (χ0n) is 23.3. The van der Waals surface area contributed by atoms with Gasteiger partial charge in [0.15, 0.2) is 0 Å². The summed E-state index contributed by atoms with van der Waals surface area (Å²) in [7, 11) is -3.20. The first-order valence-electron chi connectivity index (χ1n) is 13.4. The smallest absolute Gasteiger partial charge is 0.267 e. The average molecular weight is 621 g/mol. The van der Waals surface area contributed by atoms with Crippen molar-refractivity contribution in [2.24, 2.45) is 0 Å². The number of aromatic nitrogens is 3. The maximum Gasteiger partial charge on any atom is 0.267 e. The molecule has 5 aromatic rings. The van der Waals surface area contributed by atoms with Crippen LogP contribution in [0.4, 0.5) is 26.1 Å². The molecule has 1 aliphatic heterocycles. The van der Waals surface area contributed by atoms with Gasteiger partial charge in [-0.2, -0.15) is 0 Å². The number of fused-ring (bicyclic) bond motifs is 1. The van der Waals surface area contributed by atoms with Crippen molar-refractivity contribution in [3.63, 3.8) is 0 Å². The fourth-order valence-corrected chi connectivity index (χ4v) is 6.19. The number of nitrogens with one attached hydrogen (secondary N) is 1. The lowest BCUT2D eigenvalue weighted by atomic mass is 10.1. The molecule has 1 fully saturated rings. The summed E-state index contributed by atoms with van der Waals surface area (Å²) in [5, 5.41) is 0.237. The van der Waals surface area contributed by atoms with Crippen LogP contribution >= 0.6 is 0 Å². The molecule has 0 spiro atoms. The molecular formula is C30H26F2N6O5S. The Morgan fingerprint density at radius 1 is 0.955 bits per heavy atom. The first kappa shape index (κ1) is 29.0. The number of benzene rings is 3. The summed E-state index contributed by atoms with van der Waals surface area (Å²) in [4.78, 5) is 24.0. The second-order valence-electron chi connectivity index (χ2n) is 9.92. The molecule has 1 saturated heterocycles. The van der Waals surface area contributed by atoms with Gasteiger partial charge in [-0.3, -0.25) is 9.52 Å². The van der Waals surface area contributed by atoms with Gasteiger partial charge in [0.2, 0.25) is 11.8 Å². The molecule has 1 aliphatic rings. The van der Waals surface area contributed by atoms with E-state index in [4.69, 9.17) is 15.2 Å². The van der Waals surface area contributed by atoms with Crippen LogP contribution in [0.5, 0.6) is 5.88 Å². The molecule has 3 aromatic carbocycles. The van der Waals surface area contributed by atoms with Crippen molar-refractivity contribution in [3.05, 3.63) is 94.9 Å². The van der Waals surface area contributed by atoms with E-state index in [9.17, 15) is 22.0 Å². The number of anilines is 3. The minimum atomic E-state index is -4.44. The van der Waals surface area contributed by atoms with Crippen LogP contribution in [0.2, 0.25) is 0 Å². The monoisotopic (exact) mass is 620 g/mol. The van der Waals surface area contributed by atoms with Gasteiger partial charge in [0.1, 0.15) is 16.5 Å². The van der Waals surface area contributed by atoms with Crippen molar-refractivity contribution >= 4 is 38.2 Å². The van der Waals surface area contributed by atoms with Crippen molar-refractivity contribution in [1.29, 1.82) is 0 Å². The van der Waals surface area contributed by atoms with Crippen LogP contribution < -0.4 is 25.7 Å². The van der Waals surface area contributed by atoms with Crippen LogP contribution in [0.25, 0.3) is 27.7 Å². The molecule has 0 unspecified atom stereocenters. The largest absolute Gasteiger partial charge is 0.480 e. The highest BCUT2D eigenvalue weighted by Crippen LogP contribution is 2.31. The lowest BCUT2D eigenvalue weighted by molar-refractivity contribution is 0.122. The Bertz CT molecular complexity index is 2050. The van der Waals surface area contributed by atoms with E-state index in [1.807, 2.05) is 12.1 Å². The third-order valence-electron chi connectivity index (χ3n) is 7.19. The maximum absolute atomic E-state index is 14.2. The van der Waals surface area contributed by atoms with Crippen LogP contribution in [0.3, 0.4) is 0 Å². The molecule has 11 nitrogen and oxygen atoms in total. The Kier molecular flexibility index (Phi) is 7.61. The molecule has 226 valence electrons. The molecule has 14 heteroatoms. The number of nitrogens with two attached hydrogens (primary N) is 1. The van der Waals surface area contributed by atoms with Gasteiger partial charge in [-0.15, -0.1) is 0 Å². The van der Waals surface area contributed by atoms with Gasteiger partial charge in [-0.05, 0) is 60.2 Å². The highest BCUT2D eigenvalue weighted by Gasteiger charge is 2.24. The lowest BCUT2D eigenvalue weighted by Gasteiger charge is -2.29. The summed E-state index contributed by atoms with van der Waals surface area (Å²) in [6.45, 7) is 2.82. The molecule has 3 heterocycles. The van der Waals surface area contributed by atoms with E-state index < -0.39 is 37.8 Å². The Balaban J connectivity index is 1.38. The first-order valence-corrected chi connectivity index (χ1v) is 14.9. The maximum atomic E-state index is 14.2. The van der Waals surface area contributed by atoms with E-state index in [2.05, 4.69) is 19.6 Å². The summed E-state index contributed by atoms with van der Waals surface area (Å²) >= 11 is 0. The Morgan fingerprint density at radius 3 is 2.39 bits per heavy atom. The number of halogens is 2. The second kappa shape index (κ2) is 11.5. The first-order chi connectivity index (χ1) is 21.1. The summed E-state index contributed by atoms with van der Waals surface area (Å²) in [6.07, 6.45) is 1.38. The number of sulfonamides is 1. The molecule has 2 aromatic heterocycles. The SMILES string of the molecule is COc1ncc(-c2ccc3nc(N)n(-c4ccc(N5CCOCC5)cc4)c(=O)c3c2)cc1S(=O)(=O)Nc1ccc(F)cc1F. The van der Waals surface area contributed by atoms with E-state index in [1.165, 1.54) is 23.9 Å². The predicted molar refractivity (Wildman–Crippen MR) is 162 cm³/mol. The van der Waals surface area contributed by atoms with E-state index in [0.717, 1.165) is 30.9 Å². The molecule has 44 heavy (non-hydrogen) atoms. The van der Waals surface area contributed by atoms with Crippen LogP contribution in [0, 0.1) is 11.6 Å². The normalized spacial score (nSPS) is 13.7. The molecule has 0 radical (unpaired) electrons. The van der Waals surface area contributed by atoms with Gasteiger partial charge >= 0.3 is 0 Å². The highest BCUT2D eigenvalue weighted by atomic mass is 32.2. The number of hydrogen-bond donors (Lipinski definition) is 2. The zero-order valence-corrected chi connectivity index (χ0v) is 24.1. The van der Waals surface area contributed by atoms with Gasteiger partial charge in [0, 0.05) is 36.6 Å². The van der Waals surface area contributed by atoms with Crippen LogP contribution in [-0.2, 0) is 14.8 Å². The number of pyridine rings is 1. The van der Waals surface area contributed by atoms with Crippen molar-refractivity contribution in [2.45, 2.75) is 4.90 Å². The minimum absolute atomic E-state index is 0.00738. The molecular weight excluding hydrogens is 594 g/mol. The third kappa shape index (κ3) is 5.52. The molecule has 3 N–H and O–H groups in total. The zero-order chi connectivity index (χ0) is 31.0. The standard InChI is InChI=1S/C30H26F2N6O5S/c1-42-28-27(44(40,41)36-26-9-3-20(31)16-24(26)32)15-19(17-34-28)18-2-8-25-23(14-18)29(39)38(30(33)35-25)22-6-4-21(5-7-22)37-10-12-43-13-11-37/h2-9,14-17,36H,10-13H2,1H3,(H2,33,35). The van der Waals surface area contributed by atoms with Crippen molar-refractivity contribution in [2.75, 3.05) is 48.8 Å². The van der Waals surface area contributed by atoms with E-state index in [0.29, 0.717) is 41.6 Å². The lowest BCUT2D eigenvalue weighted by Crippen LogP contribution is -2.36. The van der Waals surface area contributed by atoms with E-state index in [1.54, 1.807) is 30.3 Å².